The highest BCUT2D eigenvalue weighted by Crippen LogP contribution is 2.52. The van der Waals surface area contributed by atoms with Crippen LogP contribution >= 0.6 is 0 Å². The molecule has 0 aromatic heterocycles. The van der Waals surface area contributed by atoms with Crippen LogP contribution in [-0.2, 0) is 16.0 Å². The van der Waals surface area contributed by atoms with E-state index in [-0.39, 0.29) is 17.9 Å². The molecule has 1 N–H and O–H groups in total. The summed E-state index contributed by atoms with van der Waals surface area (Å²) < 4.78 is 0. The van der Waals surface area contributed by atoms with Crippen molar-refractivity contribution in [2.45, 2.75) is 44.3 Å². The molecule has 4 nitrogen and oxygen atoms in total. The second-order valence-corrected chi connectivity index (χ2v) is 9.18. The molecule has 32 heavy (non-hydrogen) atoms. The number of allylic oxidation sites excluding steroid dienone is 2. The fourth-order valence-corrected chi connectivity index (χ4v) is 5.24. The van der Waals surface area contributed by atoms with Crippen LogP contribution in [0.3, 0.4) is 0 Å². The van der Waals surface area contributed by atoms with Gasteiger partial charge < -0.3 is 10.2 Å². The van der Waals surface area contributed by atoms with Crippen molar-refractivity contribution in [1.82, 2.24) is 10.2 Å². The van der Waals surface area contributed by atoms with Crippen LogP contribution in [0.4, 0.5) is 0 Å². The Morgan fingerprint density at radius 1 is 1.03 bits per heavy atom. The number of hydrogen-bond acceptors (Lipinski definition) is 2. The molecule has 1 unspecified atom stereocenters. The van der Waals surface area contributed by atoms with Crippen LogP contribution in [0.25, 0.3) is 0 Å². The zero-order valence-electron chi connectivity index (χ0n) is 18.5. The van der Waals surface area contributed by atoms with Crippen LogP contribution in [0, 0.1) is 5.92 Å². The van der Waals surface area contributed by atoms with E-state index in [1.807, 2.05) is 67.3 Å². The summed E-state index contributed by atoms with van der Waals surface area (Å²) in [6.45, 7) is 3.89. The Morgan fingerprint density at radius 3 is 2.28 bits per heavy atom. The molecule has 4 aliphatic rings. The van der Waals surface area contributed by atoms with E-state index in [4.69, 9.17) is 0 Å². The molecule has 0 radical (unpaired) electrons. The average Bonchev–Trinajstić information content (AvgIpc) is 3.04. The second kappa shape index (κ2) is 7.94. The molecule has 0 fully saturated rings. The molecule has 0 saturated carbocycles. The predicted molar refractivity (Wildman–Crippen MR) is 126 cm³/mol. The topological polar surface area (TPSA) is 49.4 Å². The third kappa shape index (κ3) is 3.31. The number of rotatable bonds is 6. The molecule has 4 heteroatoms. The fraction of sp³-hybridized carbons (Fsp3) is 0.286. The van der Waals surface area contributed by atoms with Gasteiger partial charge in [-0.3, -0.25) is 9.59 Å². The van der Waals surface area contributed by atoms with E-state index in [9.17, 15) is 9.59 Å². The quantitative estimate of drug-likeness (QED) is 0.693. The summed E-state index contributed by atoms with van der Waals surface area (Å²) in [5.74, 6) is 0.113. The number of amides is 2. The molecule has 162 valence electrons. The highest BCUT2D eigenvalue weighted by Gasteiger charge is 2.55. The van der Waals surface area contributed by atoms with Crippen molar-refractivity contribution in [3.8, 4) is 0 Å². The van der Waals surface area contributed by atoms with Gasteiger partial charge in [0.1, 0.15) is 11.6 Å². The van der Waals surface area contributed by atoms with Gasteiger partial charge in [0, 0.05) is 18.0 Å². The monoisotopic (exact) mass is 424 g/mol. The molecular weight excluding hydrogens is 396 g/mol. The van der Waals surface area contributed by atoms with Gasteiger partial charge in [-0.05, 0) is 42.9 Å². The Kier molecular flexibility index (Phi) is 5.09. The molecule has 2 amide bonds. The van der Waals surface area contributed by atoms with Crippen LogP contribution in [0.2, 0.25) is 0 Å². The molecule has 1 heterocycles. The minimum Gasteiger partial charge on any atom is -0.352 e. The van der Waals surface area contributed by atoms with Crippen molar-refractivity contribution in [2.75, 3.05) is 0 Å². The zero-order valence-corrected chi connectivity index (χ0v) is 18.5. The Hall–Kier alpha value is -3.40. The summed E-state index contributed by atoms with van der Waals surface area (Å²) in [6, 6.07) is 19.0. The number of nitrogens with one attached hydrogen (secondary N) is 1. The summed E-state index contributed by atoms with van der Waals surface area (Å²) in [7, 11) is 0. The lowest BCUT2D eigenvalue weighted by atomic mass is 9.71. The summed E-state index contributed by atoms with van der Waals surface area (Å²) >= 11 is 0. The molecule has 2 aromatic rings. The Morgan fingerprint density at radius 2 is 1.66 bits per heavy atom. The number of nitrogens with zero attached hydrogens (tertiary/aromatic N) is 1. The number of benzene rings is 2. The van der Waals surface area contributed by atoms with Gasteiger partial charge in [0.15, 0.2) is 0 Å². The first-order valence-corrected chi connectivity index (χ1v) is 11.3. The van der Waals surface area contributed by atoms with E-state index in [2.05, 4.69) is 41.8 Å². The number of hydrogen-bond donors (Lipinski definition) is 1. The lowest BCUT2D eigenvalue weighted by Gasteiger charge is -2.45. The van der Waals surface area contributed by atoms with Gasteiger partial charge in [0.25, 0.3) is 5.91 Å². The molecule has 2 bridgehead atoms. The maximum atomic E-state index is 14.1. The minimum absolute atomic E-state index is 0.0201. The maximum absolute atomic E-state index is 14.1. The highest BCUT2D eigenvalue weighted by atomic mass is 16.2. The van der Waals surface area contributed by atoms with Crippen LogP contribution in [0.1, 0.15) is 37.4 Å². The summed E-state index contributed by atoms with van der Waals surface area (Å²) in [4.78, 5) is 29.4. The largest absolute Gasteiger partial charge is 0.352 e. The van der Waals surface area contributed by atoms with Gasteiger partial charge in [-0.2, -0.15) is 0 Å². The first-order valence-electron chi connectivity index (χ1n) is 11.3. The van der Waals surface area contributed by atoms with Gasteiger partial charge in [-0.1, -0.05) is 85.0 Å². The Labute approximate surface area is 189 Å². The van der Waals surface area contributed by atoms with E-state index in [0.717, 1.165) is 28.7 Å². The van der Waals surface area contributed by atoms with Crippen LogP contribution in [0.5, 0.6) is 0 Å². The van der Waals surface area contributed by atoms with Gasteiger partial charge in [0.05, 0.1) is 0 Å². The first kappa shape index (κ1) is 20.5. The van der Waals surface area contributed by atoms with Crippen molar-refractivity contribution in [1.29, 1.82) is 0 Å². The maximum Gasteiger partial charge on any atom is 0.252 e. The van der Waals surface area contributed by atoms with Crippen molar-refractivity contribution in [3.05, 3.63) is 107 Å². The van der Waals surface area contributed by atoms with E-state index >= 15 is 0 Å². The van der Waals surface area contributed by atoms with Crippen LogP contribution < -0.4 is 5.32 Å². The summed E-state index contributed by atoms with van der Waals surface area (Å²) in [5.41, 5.74) is 3.22. The summed E-state index contributed by atoms with van der Waals surface area (Å²) in [5, 5.41) is 3.05. The van der Waals surface area contributed by atoms with Crippen LogP contribution in [0.15, 0.2) is 96.1 Å². The fourth-order valence-electron chi connectivity index (χ4n) is 5.24. The zero-order chi connectivity index (χ0) is 22.3. The standard InChI is InChI=1S/C28H28N2O2/c1-19(2)29-26(31)25(22-11-7-4-8-12-22)30-27(32)23(17-20-9-5-3-6-10-20)24-18-21-13-15-28(24,30)16-14-21/h3-16,19,21,25H,17-18H2,1-2H3,(H,29,31). The summed E-state index contributed by atoms with van der Waals surface area (Å²) in [6.07, 6.45) is 10.0. The molecule has 1 atom stereocenters. The van der Waals surface area contributed by atoms with Crippen LogP contribution in [-0.4, -0.2) is 28.3 Å². The lowest BCUT2D eigenvalue weighted by Crippen LogP contribution is -2.54. The highest BCUT2D eigenvalue weighted by molar-refractivity contribution is 6.03. The second-order valence-electron chi connectivity index (χ2n) is 9.18. The van der Waals surface area contributed by atoms with Gasteiger partial charge in [0.2, 0.25) is 5.91 Å². The smallest absolute Gasteiger partial charge is 0.252 e. The molecule has 3 aliphatic carbocycles. The van der Waals surface area contributed by atoms with E-state index in [1.54, 1.807) is 0 Å². The van der Waals surface area contributed by atoms with Crippen molar-refractivity contribution >= 4 is 11.8 Å². The normalized spacial score (nSPS) is 24.3. The van der Waals surface area contributed by atoms with Gasteiger partial charge in [-0.25, -0.2) is 0 Å². The lowest BCUT2D eigenvalue weighted by molar-refractivity contribution is -0.139. The van der Waals surface area contributed by atoms with Gasteiger partial charge >= 0.3 is 0 Å². The molecule has 6 rings (SSSR count). The Balaban J connectivity index is 1.63. The molecule has 2 aromatic carbocycles. The first-order chi connectivity index (χ1) is 15.5. The molecule has 0 saturated heterocycles. The SMILES string of the molecule is CC(C)NC(=O)C(c1ccccc1)N1C(=O)C(Cc2ccccc2)=C2CC3C=CC21C=C3. The van der Waals surface area contributed by atoms with E-state index in [0.29, 0.717) is 12.3 Å². The molecule has 1 aliphatic heterocycles. The van der Waals surface area contributed by atoms with Crippen molar-refractivity contribution < 1.29 is 9.59 Å². The third-order valence-corrected chi connectivity index (χ3v) is 6.63. The average molecular weight is 425 g/mol. The van der Waals surface area contributed by atoms with Gasteiger partial charge in [-0.15, -0.1) is 0 Å². The van der Waals surface area contributed by atoms with E-state index < -0.39 is 11.6 Å². The van der Waals surface area contributed by atoms with E-state index in [1.165, 1.54) is 0 Å². The predicted octanol–water partition coefficient (Wildman–Crippen LogP) is 4.52. The number of carbonyl (C=O) groups excluding carboxylic acids is 2. The third-order valence-electron chi connectivity index (χ3n) is 6.63. The minimum atomic E-state index is -0.710. The molecule has 1 spiro atoms. The van der Waals surface area contributed by atoms with Crippen molar-refractivity contribution in [2.24, 2.45) is 5.92 Å². The van der Waals surface area contributed by atoms with Crippen molar-refractivity contribution in [3.63, 3.8) is 0 Å². The Bertz CT molecular complexity index is 1110. The molecular formula is C28H28N2O2. The number of carbonyl (C=O) groups is 2.